The maximum Gasteiger partial charge on any atom is 0.237 e. The fraction of sp³-hybridized carbons (Fsp3) is 0.750. The predicted molar refractivity (Wildman–Crippen MR) is 62.9 cm³/mol. The van der Waals surface area contributed by atoms with Gasteiger partial charge in [-0.3, -0.25) is 4.79 Å². The van der Waals surface area contributed by atoms with E-state index in [9.17, 15) is 4.79 Å². The van der Waals surface area contributed by atoms with E-state index in [4.69, 9.17) is 11.2 Å². The second-order valence-electron chi connectivity index (χ2n) is 4.18. The van der Waals surface area contributed by atoms with Gasteiger partial charge in [-0.1, -0.05) is 5.92 Å². The van der Waals surface area contributed by atoms with E-state index in [-0.39, 0.29) is 18.5 Å². The first-order valence-electron chi connectivity index (χ1n) is 5.67. The van der Waals surface area contributed by atoms with Crippen LogP contribution in [-0.2, 0) is 9.53 Å². The van der Waals surface area contributed by atoms with Crippen molar-refractivity contribution in [2.24, 2.45) is 0 Å². The highest BCUT2D eigenvalue weighted by molar-refractivity contribution is 5.81. The summed E-state index contributed by atoms with van der Waals surface area (Å²) in [4.78, 5) is 11.5. The van der Waals surface area contributed by atoms with Crippen LogP contribution >= 0.6 is 0 Å². The van der Waals surface area contributed by atoms with E-state index in [1.54, 1.807) is 7.11 Å². The van der Waals surface area contributed by atoms with Crippen molar-refractivity contribution in [2.75, 3.05) is 13.7 Å². The van der Waals surface area contributed by atoms with Gasteiger partial charge in [0, 0.05) is 13.2 Å². The van der Waals surface area contributed by atoms with Crippen LogP contribution in [0.2, 0.25) is 0 Å². The van der Waals surface area contributed by atoms with Crippen LogP contribution in [-0.4, -0.2) is 37.7 Å². The molecule has 0 aromatic rings. The van der Waals surface area contributed by atoms with Crippen LogP contribution in [0, 0.1) is 12.3 Å². The van der Waals surface area contributed by atoms with Gasteiger partial charge in [0.05, 0.1) is 18.7 Å². The van der Waals surface area contributed by atoms with Crippen molar-refractivity contribution in [3.8, 4) is 12.3 Å². The Morgan fingerprint density at radius 3 is 2.94 bits per heavy atom. The fourth-order valence-electron chi connectivity index (χ4n) is 2.03. The van der Waals surface area contributed by atoms with Crippen LogP contribution in [0.5, 0.6) is 0 Å². The summed E-state index contributed by atoms with van der Waals surface area (Å²) >= 11 is 0. The molecule has 0 saturated heterocycles. The number of amides is 1. The van der Waals surface area contributed by atoms with E-state index in [0.29, 0.717) is 12.1 Å². The molecule has 0 aromatic carbocycles. The van der Waals surface area contributed by atoms with E-state index >= 15 is 0 Å². The molecule has 1 aliphatic carbocycles. The highest BCUT2D eigenvalue weighted by Gasteiger charge is 2.26. The monoisotopic (exact) mass is 224 g/mol. The minimum atomic E-state index is -0.200. The zero-order chi connectivity index (χ0) is 12.0. The minimum Gasteiger partial charge on any atom is -0.381 e. The summed E-state index contributed by atoms with van der Waals surface area (Å²) in [7, 11) is 1.73. The summed E-state index contributed by atoms with van der Waals surface area (Å²) < 4.78 is 5.28. The van der Waals surface area contributed by atoms with Crippen LogP contribution in [0.15, 0.2) is 0 Å². The second kappa shape index (κ2) is 6.51. The van der Waals surface area contributed by atoms with Crippen LogP contribution in [0.25, 0.3) is 0 Å². The lowest BCUT2D eigenvalue weighted by molar-refractivity contribution is -0.122. The van der Waals surface area contributed by atoms with Gasteiger partial charge in [-0.15, -0.1) is 6.42 Å². The van der Waals surface area contributed by atoms with Gasteiger partial charge in [0.15, 0.2) is 0 Å². The molecular formula is C12H20N2O2. The molecule has 0 heterocycles. The van der Waals surface area contributed by atoms with Crippen molar-refractivity contribution in [1.82, 2.24) is 10.6 Å². The number of carbonyl (C=O) groups is 1. The zero-order valence-electron chi connectivity index (χ0n) is 9.95. The van der Waals surface area contributed by atoms with Gasteiger partial charge in [0.25, 0.3) is 0 Å². The Morgan fingerprint density at radius 2 is 2.38 bits per heavy atom. The first kappa shape index (κ1) is 13.0. The van der Waals surface area contributed by atoms with Crippen molar-refractivity contribution < 1.29 is 9.53 Å². The first-order chi connectivity index (χ1) is 7.67. The van der Waals surface area contributed by atoms with E-state index in [0.717, 1.165) is 19.3 Å². The molecule has 4 heteroatoms. The van der Waals surface area contributed by atoms with Gasteiger partial charge in [-0.25, -0.2) is 0 Å². The molecule has 1 saturated carbocycles. The minimum absolute atomic E-state index is 0.0428. The summed E-state index contributed by atoms with van der Waals surface area (Å²) in [5.41, 5.74) is 0. The van der Waals surface area contributed by atoms with Crippen LogP contribution in [0.3, 0.4) is 0 Å². The number of ether oxygens (including phenoxy) is 1. The third kappa shape index (κ3) is 3.84. The third-order valence-corrected chi connectivity index (χ3v) is 2.96. The van der Waals surface area contributed by atoms with Gasteiger partial charge >= 0.3 is 0 Å². The molecule has 4 nitrogen and oxygen atoms in total. The molecule has 1 fully saturated rings. The van der Waals surface area contributed by atoms with E-state index < -0.39 is 0 Å². The molecule has 90 valence electrons. The van der Waals surface area contributed by atoms with Gasteiger partial charge < -0.3 is 15.4 Å². The zero-order valence-corrected chi connectivity index (χ0v) is 9.95. The van der Waals surface area contributed by atoms with E-state index in [1.807, 2.05) is 6.92 Å². The lowest BCUT2D eigenvalue weighted by Crippen LogP contribution is -2.46. The molecule has 0 bridgehead atoms. The molecule has 0 aromatic heterocycles. The Kier molecular flexibility index (Phi) is 5.30. The summed E-state index contributed by atoms with van der Waals surface area (Å²) in [6.45, 7) is 2.14. The molecule has 1 rings (SSSR count). The second-order valence-corrected chi connectivity index (χ2v) is 4.18. The summed E-state index contributed by atoms with van der Waals surface area (Å²) in [6.07, 6.45) is 8.51. The lowest BCUT2D eigenvalue weighted by Gasteiger charge is -2.18. The van der Waals surface area contributed by atoms with Crippen molar-refractivity contribution >= 4 is 5.91 Å². The largest absolute Gasteiger partial charge is 0.381 e. The SMILES string of the molecule is C#CCNC(=O)C(C)NC1CCC(OC)C1. The maximum absolute atomic E-state index is 11.5. The standard InChI is InChI=1S/C12H20N2O2/c1-4-7-13-12(15)9(2)14-10-5-6-11(8-10)16-3/h1,9-11,14H,5-8H2,2-3H3,(H,13,15). The Bertz CT molecular complexity index is 273. The van der Waals surface area contributed by atoms with Crippen molar-refractivity contribution in [1.29, 1.82) is 0 Å². The number of hydrogen-bond donors (Lipinski definition) is 2. The summed E-state index contributed by atoms with van der Waals surface area (Å²) in [5, 5.41) is 5.95. The number of hydrogen-bond acceptors (Lipinski definition) is 3. The van der Waals surface area contributed by atoms with Crippen LogP contribution < -0.4 is 10.6 Å². The number of rotatable bonds is 5. The van der Waals surface area contributed by atoms with Gasteiger partial charge in [-0.05, 0) is 26.2 Å². The maximum atomic E-state index is 11.5. The molecule has 2 N–H and O–H groups in total. The van der Waals surface area contributed by atoms with Crippen LogP contribution in [0.4, 0.5) is 0 Å². The number of terminal acetylenes is 1. The summed E-state index contributed by atoms with van der Waals surface area (Å²) in [5.74, 6) is 2.34. The average Bonchev–Trinajstić information content (AvgIpc) is 2.73. The smallest absolute Gasteiger partial charge is 0.237 e. The molecule has 3 atom stereocenters. The molecule has 0 radical (unpaired) electrons. The highest BCUT2D eigenvalue weighted by atomic mass is 16.5. The lowest BCUT2D eigenvalue weighted by atomic mass is 10.2. The highest BCUT2D eigenvalue weighted by Crippen LogP contribution is 2.21. The van der Waals surface area contributed by atoms with Gasteiger partial charge in [-0.2, -0.15) is 0 Å². The third-order valence-electron chi connectivity index (χ3n) is 2.96. The van der Waals surface area contributed by atoms with Crippen molar-refractivity contribution in [2.45, 2.75) is 44.4 Å². The Labute approximate surface area is 97.1 Å². The topological polar surface area (TPSA) is 50.4 Å². The first-order valence-corrected chi connectivity index (χ1v) is 5.67. The molecule has 16 heavy (non-hydrogen) atoms. The molecule has 0 aliphatic heterocycles. The quantitative estimate of drug-likeness (QED) is 0.660. The molecule has 1 amide bonds. The molecular weight excluding hydrogens is 204 g/mol. The fourth-order valence-corrected chi connectivity index (χ4v) is 2.03. The number of nitrogens with one attached hydrogen (secondary N) is 2. The van der Waals surface area contributed by atoms with E-state index in [1.165, 1.54) is 0 Å². The molecule has 0 spiro atoms. The predicted octanol–water partition coefficient (Wildman–Crippen LogP) is 0.281. The summed E-state index contributed by atoms with van der Waals surface area (Å²) in [6, 6.07) is 0.172. The van der Waals surface area contributed by atoms with Crippen molar-refractivity contribution in [3.05, 3.63) is 0 Å². The normalized spacial score (nSPS) is 26.1. The van der Waals surface area contributed by atoms with Gasteiger partial charge in [0.1, 0.15) is 0 Å². The number of methoxy groups -OCH3 is 1. The van der Waals surface area contributed by atoms with Gasteiger partial charge in [0.2, 0.25) is 5.91 Å². The Balaban J connectivity index is 2.26. The number of carbonyl (C=O) groups excluding carboxylic acids is 1. The molecule has 3 unspecified atom stereocenters. The Hall–Kier alpha value is -1.05. The Morgan fingerprint density at radius 1 is 1.62 bits per heavy atom. The van der Waals surface area contributed by atoms with Crippen molar-refractivity contribution in [3.63, 3.8) is 0 Å². The average molecular weight is 224 g/mol. The molecule has 1 aliphatic rings. The van der Waals surface area contributed by atoms with E-state index in [2.05, 4.69) is 16.6 Å². The van der Waals surface area contributed by atoms with Crippen LogP contribution in [0.1, 0.15) is 26.2 Å².